The largest absolute Gasteiger partial charge is 0.454 e. The Labute approximate surface area is 146 Å². The van der Waals surface area contributed by atoms with E-state index < -0.39 is 0 Å². The van der Waals surface area contributed by atoms with Gasteiger partial charge in [0.05, 0.1) is 18.8 Å². The summed E-state index contributed by atoms with van der Waals surface area (Å²) >= 11 is 0. The standard InChI is InChI=1S/C17H23N5O3/c1-11-9-20-22(12-5-3-4-6-12)15(11)21-17(24)19-10-13-7-8-14(25-13)16(23)18-2/h7-9,12H,3-6,10H2,1-2H3,(H,18,23)(H2,19,21,24). The minimum Gasteiger partial charge on any atom is -0.454 e. The van der Waals surface area contributed by atoms with E-state index in [1.54, 1.807) is 18.3 Å². The lowest BCUT2D eigenvalue weighted by Gasteiger charge is -2.15. The number of aromatic nitrogens is 2. The lowest BCUT2D eigenvalue weighted by molar-refractivity contribution is 0.0934. The van der Waals surface area contributed by atoms with E-state index in [9.17, 15) is 9.59 Å². The molecule has 0 aromatic carbocycles. The SMILES string of the molecule is CNC(=O)c1ccc(CNC(=O)Nc2c(C)cnn2C2CCCC2)o1. The van der Waals surface area contributed by atoms with Gasteiger partial charge < -0.3 is 15.1 Å². The van der Waals surface area contributed by atoms with Crippen molar-refractivity contribution >= 4 is 17.8 Å². The maximum atomic E-state index is 12.2. The minimum atomic E-state index is -0.333. The molecule has 2 aromatic heterocycles. The summed E-state index contributed by atoms with van der Waals surface area (Å²) < 4.78 is 7.29. The fourth-order valence-electron chi connectivity index (χ4n) is 3.07. The van der Waals surface area contributed by atoms with Gasteiger partial charge in [-0.1, -0.05) is 12.8 Å². The van der Waals surface area contributed by atoms with Crippen LogP contribution in [0, 0.1) is 6.92 Å². The Bertz CT molecular complexity index is 758. The highest BCUT2D eigenvalue weighted by atomic mass is 16.4. The Hall–Kier alpha value is -2.77. The first kappa shape index (κ1) is 17.1. The fraction of sp³-hybridized carbons (Fsp3) is 0.471. The molecule has 0 saturated heterocycles. The molecule has 3 N–H and O–H groups in total. The monoisotopic (exact) mass is 345 g/mol. The van der Waals surface area contributed by atoms with Crippen LogP contribution >= 0.6 is 0 Å². The Morgan fingerprint density at radius 2 is 2.08 bits per heavy atom. The molecule has 1 aliphatic rings. The number of rotatable bonds is 5. The Balaban J connectivity index is 1.59. The molecule has 1 saturated carbocycles. The van der Waals surface area contributed by atoms with E-state index in [2.05, 4.69) is 21.0 Å². The Morgan fingerprint density at radius 1 is 1.32 bits per heavy atom. The molecule has 3 amide bonds. The third-order valence-corrected chi connectivity index (χ3v) is 4.42. The van der Waals surface area contributed by atoms with Crippen LogP contribution in [-0.2, 0) is 6.54 Å². The average molecular weight is 345 g/mol. The van der Waals surface area contributed by atoms with Crippen LogP contribution in [0.4, 0.5) is 10.6 Å². The molecule has 8 heteroatoms. The third kappa shape index (κ3) is 3.84. The van der Waals surface area contributed by atoms with Gasteiger partial charge in [0.1, 0.15) is 11.6 Å². The third-order valence-electron chi connectivity index (χ3n) is 4.42. The highest BCUT2D eigenvalue weighted by molar-refractivity contribution is 5.91. The number of carbonyl (C=O) groups is 2. The molecule has 0 radical (unpaired) electrons. The molecule has 134 valence electrons. The van der Waals surface area contributed by atoms with Gasteiger partial charge in [0.15, 0.2) is 5.76 Å². The number of hydrogen-bond acceptors (Lipinski definition) is 4. The quantitative estimate of drug-likeness (QED) is 0.775. The summed E-state index contributed by atoms with van der Waals surface area (Å²) in [6.07, 6.45) is 6.34. The lowest BCUT2D eigenvalue weighted by Crippen LogP contribution is -2.29. The number of carbonyl (C=O) groups excluding carboxylic acids is 2. The predicted molar refractivity (Wildman–Crippen MR) is 92.4 cm³/mol. The summed E-state index contributed by atoms with van der Waals surface area (Å²) in [7, 11) is 1.53. The zero-order valence-electron chi connectivity index (χ0n) is 14.5. The van der Waals surface area contributed by atoms with Crippen molar-refractivity contribution in [1.29, 1.82) is 0 Å². The second-order valence-electron chi connectivity index (χ2n) is 6.21. The van der Waals surface area contributed by atoms with Crippen LogP contribution < -0.4 is 16.0 Å². The van der Waals surface area contributed by atoms with Crippen molar-refractivity contribution in [2.45, 2.75) is 45.2 Å². The van der Waals surface area contributed by atoms with Crippen LogP contribution in [-0.4, -0.2) is 28.8 Å². The normalized spacial score (nSPS) is 14.5. The van der Waals surface area contributed by atoms with Crippen molar-refractivity contribution in [1.82, 2.24) is 20.4 Å². The van der Waals surface area contributed by atoms with Crippen molar-refractivity contribution < 1.29 is 14.0 Å². The molecule has 0 aliphatic heterocycles. The predicted octanol–water partition coefficient (Wildman–Crippen LogP) is 2.58. The van der Waals surface area contributed by atoms with E-state index in [0.29, 0.717) is 11.8 Å². The molecule has 0 atom stereocenters. The van der Waals surface area contributed by atoms with Crippen molar-refractivity contribution in [3.05, 3.63) is 35.4 Å². The highest BCUT2D eigenvalue weighted by Gasteiger charge is 2.22. The molecule has 0 spiro atoms. The molecule has 1 aliphatic carbocycles. The van der Waals surface area contributed by atoms with E-state index in [1.165, 1.54) is 19.9 Å². The van der Waals surface area contributed by atoms with E-state index in [4.69, 9.17) is 4.42 Å². The smallest absolute Gasteiger partial charge is 0.320 e. The summed E-state index contributed by atoms with van der Waals surface area (Å²) in [5.74, 6) is 1.16. The van der Waals surface area contributed by atoms with Gasteiger partial charge in [-0.05, 0) is 31.9 Å². The number of furan rings is 1. The van der Waals surface area contributed by atoms with Gasteiger partial charge in [-0.3, -0.25) is 10.1 Å². The summed E-state index contributed by atoms with van der Waals surface area (Å²) in [5, 5.41) is 12.5. The molecule has 1 fully saturated rings. The van der Waals surface area contributed by atoms with Crippen molar-refractivity contribution in [2.75, 3.05) is 12.4 Å². The molecule has 25 heavy (non-hydrogen) atoms. The van der Waals surface area contributed by atoms with Gasteiger partial charge in [-0.25, -0.2) is 9.48 Å². The zero-order chi connectivity index (χ0) is 17.8. The topological polar surface area (TPSA) is 101 Å². The summed E-state index contributed by atoms with van der Waals surface area (Å²) in [4.78, 5) is 23.7. The highest BCUT2D eigenvalue weighted by Crippen LogP contribution is 2.32. The first-order valence-electron chi connectivity index (χ1n) is 8.48. The number of anilines is 1. The summed E-state index contributed by atoms with van der Waals surface area (Å²) in [5.41, 5.74) is 0.932. The van der Waals surface area contributed by atoms with Gasteiger partial charge >= 0.3 is 6.03 Å². The maximum Gasteiger partial charge on any atom is 0.320 e. The fourth-order valence-corrected chi connectivity index (χ4v) is 3.07. The van der Waals surface area contributed by atoms with E-state index in [-0.39, 0.29) is 24.2 Å². The summed E-state index contributed by atoms with van der Waals surface area (Å²) in [6.45, 7) is 2.12. The van der Waals surface area contributed by atoms with Gasteiger partial charge in [-0.15, -0.1) is 0 Å². The van der Waals surface area contributed by atoms with Crippen LogP contribution in [0.5, 0.6) is 0 Å². The van der Waals surface area contributed by atoms with Gasteiger partial charge in [0.2, 0.25) is 0 Å². The van der Waals surface area contributed by atoms with E-state index in [1.807, 2.05) is 11.6 Å². The van der Waals surface area contributed by atoms with Crippen LogP contribution in [0.2, 0.25) is 0 Å². The van der Waals surface area contributed by atoms with E-state index in [0.717, 1.165) is 24.2 Å². The first-order chi connectivity index (χ1) is 12.1. The van der Waals surface area contributed by atoms with Crippen LogP contribution in [0.15, 0.2) is 22.7 Å². The van der Waals surface area contributed by atoms with Crippen molar-refractivity contribution in [3.8, 4) is 0 Å². The Morgan fingerprint density at radius 3 is 2.80 bits per heavy atom. The van der Waals surface area contributed by atoms with Crippen molar-refractivity contribution in [3.63, 3.8) is 0 Å². The van der Waals surface area contributed by atoms with Crippen LogP contribution in [0.3, 0.4) is 0 Å². The van der Waals surface area contributed by atoms with Crippen LogP contribution in [0.1, 0.15) is 53.6 Å². The van der Waals surface area contributed by atoms with Gasteiger partial charge in [0, 0.05) is 12.6 Å². The second kappa shape index (κ2) is 7.42. The molecule has 3 rings (SSSR count). The van der Waals surface area contributed by atoms with Crippen LogP contribution in [0.25, 0.3) is 0 Å². The zero-order valence-corrected chi connectivity index (χ0v) is 14.5. The van der Waals surface area contributed by atoms with E-state index >= 15 is 0 Å². The average Bonchev–Trinajstić information content (AvgIpc) is 3.34. The Kier molecular flexibility index (Phi) is 5.06. The summed E-state index contributed by atoms with van der Waals surface area (Å²) in [6, 6.07) is 3.26. The number of nitrogens with one attached hydrogen (secondary N) is 3. The molecule has 0 bridgehead atoms. The number of nitrogens with zero attached hydrogens (tertiary/aromatic N) is 2. The molecule has 2 aromatic rings. The molecule has 0 unspecified atom stereocenters. The number of urea groups is 1. The minimum absolute atomic E-state index is 0.194. The molecule has 2 heterocycles. The van der Waals surface area contributed by atoms with Crippen molar-refractivity contribution in [2.24, 2.45) is 0 Å². The molecular weight excluding hydrogens is 322 g/mol. The lowest BCUT2D eigenvalue weighted by atomic mass is 10.2. The van der Waals surface area contributed by atoms with Gasteiger partial charge in [-0.2, -0.15) is 5.10 Å². The molecule has 8 nitrogen and oxygen atoms in total. The molecular formula is C17H23N5O3. The van der Waals surface area contributed by atoms with Gasteiger partial charge in [0.25, 0.3) is 5.91 Å². The number of hydrogen-bond donors (Lipinski definition) is 3. The maximum absolute atomic E-state index is 12.2. The number of amides is 3. The second-order valence-corrected chi connectivity index (χ2v) is 6.21. The first-order valence-corrected chi connectivity index (χ1v) is 8.48. The number of aryl methyl sites for hydroxylation is 1.